The average molecular weight is 328 g/mol. The first kappa shape index (κ1) is 16.0. The number of ether oxygens (including phenoxy) is 2. The molecule has 2 heterocycles. The molecule has 0 aliphatic carbocycles. The van der Waals surface area contributed by atoms with E-state index < -0.39 is 0 Å². The minimum absolute atomic E-state index is 0.0921. The summed E-state index contributed by atoms with van der Waals surface area (Å²) in [5, 5.41) is 2.98. The molecule has 1 aromatic heterocycles. The number of anilines is 1. The van der Waals surface area contributed by atoms with Gasteiger partial charge in [0.1, 0.15) is 19.0 Å². The molecular weight excluding hydrogens is 308 g/mol. The molecule has 24 heavy (non-hydrogen) atoms. The van der Waals surface area contributed by atoms with Crippen molar-refractivity contribution in [2.75, 3.05) is 31.7 Å². The van der Waals surface area contributed by atoms with Crippen LogP contribution in [0.3, 0.4) is 0 Å². The van der Waals surface area contributed by atoms with Gasteiger partial charge in [-0.3, -0.25) is 9.78 Å². The number of nitrogens with one attached hydrogen (secondary N) is 1. The number of benzene rings is 1. The van der Waals surface area contributed by atoms with Crippen LogP contribution in [0.5, 0.6) is 11.5 Å². The van der Waals surface area contributed by atoms with Gasteiger partial charge in [0.25, 0.3) is 0 Å². The number of carbonyl (C=O) groups excluding carboxylic acids is 1. The lowest BCUT2D eigenvalue weighted by Crippen LogP contribution is -2.36. The molecule has 1 aliphatic rings. The second kappa shape index (κ2) is 7.16. The van der Waals surface area contributed by atoms with Crippen LogP contribution in [0.1, 0.15) is 18.5 Å². The fourth-order valence-electron chi connectivity index (χ4n) is 2.48. The molecule has 3 rings (SSSR count). The van der Waals surface area contributed by atoms with Crippen molar-refractivity contribution in [1.29, 1.82) is 0 Å². The van der Waals surface area contributed by atoms with Crippen LogP contribution >= 0.6 is 0 Å². The van der Waals surface area contributed by atoms with Crippen LogP contribution in [0.2, 0.25) is 0 Å². The molecule has 0 saturated heterocycles. The van der Waals surface area contributed by atoms with E-state index in [0.717, 1.165) is 17.1 Å². The summed E-state index contributed by atoms with van der Waals surface area (Å²) in [5.74, 6) is 2.02. The zero-order valence-electron chi connectivity index (χ0n) is 13.7. The van der Waals surface area contributed by atoms with Crippen LogP contribution in [0.15, 0.2) is 36.8 Å². The smallest absolute Gasteiger partial charge is 0.240 e. The lowest BCUT2D eigenvalue weighted by molar-refractivity contribution is -0.120. The molecule has 0 fully saturated rings. The zero-order valence-corrected chi connectivity index (χ0v) is 13.7. The Morgan fingerprint density at radius 2 is 2.08 bits per heavy atom. The lowest BCUT2D eigenvalue weighted by atomic mass is 10.1. The number of aromatic nitrogens is 2. The molecule has 1 aliphatic heterocycles. The van der Waals surface area contributed by atoms with E-state index in [-0.39, 0.29) is 18.5 Å². The van der Waals surface area contributed by atoms with Gasteiger partial charge in [-0.1, -0.05) is 6.07 Å². The number of rotatable bonds is 5. The fourth-order valence-corrected chi connectivity index (χ4v) is 2.48. The quantitative estimate of drug-likeness (QED) is 0.898. The van der Waals surface area contributed by atoms with E-state index in [1.165, 1.54) is 0 Å². The third-order valence-electron chi connectivity index (χ3n) is 3.77. The largest absolute Gasteiger partial charge is 0.486 e. The summed E-state index contributed by atoms with van der Waals surface area (Å²) in [6, 6.07) is 5.58. The van der Waals surface area contributed by atoms with Crippen molar-refractivity contribution in [2.24, 2.45) is 0 Å². The van der Waals surface area contributed by atoms with Crippen molar-refractivity contribution < 1.29 is 14.3 Å². The second-order valence-electron chi connectivity index (χ2n) is 5.61. The molecule has 7 heteroatoms. The van der Waals surface area contributed by atoms with E-state index in [1.807, 2.05) is 25.1 Å². The van der Waals surface area contributed by atoms with Gasteiger partial charge in [0, 0.05) is 19.4 Å². The summed E-state index contributed by atoms with van der Waals surface area (Å²) in [6.45, 7) is 3.24. The Labute approximate surface area is 140 Å². The monoisotopic (exact) mass is 328 g/mol. The van der Waals surface area contributed by atoms with Gasteiger partial charge in [-0.2, -0.15) is 0 Å². The SMILES string of the molecule is C[C@H](NC(=O)CN(C)c1cnccn1)c1ccc2c(c1)OCCO2. The van der Waals surface area contributed by atoms with E-state index in [1.54, 1.807) is 30.5 Å². The van der Waals surface area contributed by atoms with Crippen molar-refractivity contribution in [3.63, 3.8) is 0 Å². The third-order valence-corrected chi connectivity index (χ3v) is 3.77. The molecule has 0 spiro atoms. The predicted octanol–water partition coefficient (Wildman–Crippen LogP) is 1.56. The molecule has 1 atom stereocenters. The van der Waals surface area contributed by atoms with Gasteiger partial charge in [-0.15, -0.1) is 0 Å². The predicted molar refractivity (Wildman–Crippen MR) is 89.3 cm³/mol. The molecule has 126 valence electrons. The standard InChI is InChI=1S/C17H20N4O3/c1-12(13-3-4-14-15(9-13)24-8-7-23-14)20-17(22)11-21(2)16-10-18-5-6-19-16/h3-6,9-10,12H,7-8,11H2,1-2H3,(H,20,22)/t12-/m0/s1. The van der Waals surface area contributed by atoms with Gasteiger partial charge in [-0.25, -0.2) is 4.98 Å². The summed E-state index contributed by atoms with van der Waals surface area (Å²) in [5.41, 5.74) is 0.967. The Hall–Kier alpha value is -2.83. The Balaban J connectivity index is 1.60. The van der Waals surface area contributed by atoms with E-state index in [4.69, 9.17) is 9.47 Å². The normalized spacial score (nSPS) is 13.9. The average Bonchev–Trinajstić information content (AvgIpc) is 2.61. The van der Waals surface area contributed by atoms with Gasteiger partial charge < -0.3 is 19.7 Å². The maximum atomic E-state index is 12.2. The number of likely N-dealkylation sites (N-methyl/N-ethyl adjacent to an activating group) is 1. The van der Waals surface area contributed by atoms with Crippen molar-refractivity contribution in [3.05, 3.63) is 42.4 Å². The van der Waals surface area contributed by atoms with Gasteiger partial charge >= 0.3 is 0 Å². The lowest BCUT2D eigenvalue weighted by Gasteiger charge is -2.22. The highest BCUT2D eigenvalue weighted by atomic mass is 16.6. The minimum atomic E-state index is -0.136. The van der Waals surface area contributed by atoms with Crippen LogP contribution in [-0.2, 0) is 4.79 Å². The maximum Gasteiger partial charge on any atom is 0.240 e. The second-order valence-corrected chi connectivity index (χ2v) is 5.61. The van der Waals surface area contributed by atoms with Crippen LogP contribution < -0.4 is 19.7 Å². The highest BCUT2D eigenvalue weighted by Gasteiger charge is 2.16. The Bertz CT molecular complexity index is 708. The third kappa shape index (κ3) is 3.73. The summed E-state index contributed by atoms with van der Waals surface area (Å²) >= 11 is 0. The van der Waals surface area contributed by atoms with E-state index in [9.17, 15) is 4.79 Å². The first-order chi connectivity index (χ1) is 11.6. The molecule has 0 bridgehead atoms. The van der Waals surface area contributed by atoms with Crippen LogP contribution in [-0.4, -0.2) is 42.7 Å². The van der Waals surface area contributed by atoms with Crippen molar-refractivity contribution in [2.45, 2.75) is 13.0 Å². The topological polar surface area (TPSA) is 76.6 Å². The molecule has 1 aromatic carbocycles. The molecule has 1 N–H and O–H groups in total. The number of fused-ring (bicyclic) bond motifs is 1. The zero-order chi connectivity index (χ0) is 16.9. The first-order valence-corrected chi connectivity index (χ1v) is 7.79. The Morgan fingerprint density at radius 3 is 2.83 bits per heavy atom. The van der Waals surface area contributed by atoms with E-state index in [2.05, 4.69) is 15.3 Å². The Kier molecular flexibility index (Phi) is 4.79. The fraction of sp³-hybridized carbons (Fsp3) is 0.353. The minimum Gasteiger partial charge on any atom is -0.486 e. The summed E-state index contributed by atoms with van der Waals surface area (Å²) in [4.78, 5) is 22.2. The summed E-state index contributed by atoms with van der Waals surface area (Å²) in [6.07, 6.45) is 4.82. The van der Waals surface area contributed by atoms with Gasteiger partial charge in [0.2, 0.25) is 5.91 Å². The molecule has 7 nitrogen and oxygen atoms in total. The van der Waals surface area contributed by atoms with Gasteiger partial charge in [0.15, 0.2) is 11.5 Å². The summed E-state index contributed by atoms with van der Waals surface area (Å²) < 4.78 is 11.1. The summed E-state index contributed by atoms with van der Waals surface area (Å²) in [7, 11) is 1.80. The van der Waals surface area contributed by atoms with Crippen LogP contribution in [0.25, 0.3) is 0 Å². The number of nitrogens with zero attached hydrogens (tertiary/aromatic N) is 3. The molecular formula is C17H20N4O3. The van der Waals surface area contributed by atoms with Gasteiger partial charge in [0.05, 0.1) is 18.8 Å². The number of hydrogen-bond acceptors (Lipinski definition) is 6. The first-order valence-electron chi connectivity index (χ1n) is 7.79. The number of carbonyl (C=O) groups is 1. The Morgan fingerprint density at radius 1 is 1.29 bits per heavy atom. The van der Waals surface area contributed by atoms with E-state index in [0.29, 0.717) is 19.0 Å². The van der Waals surface area contributed by atoms with Gasteiger partial charge in [-0.05, 0) is 24.6 Å². The van der Waals surface area contributed by atoms with Crippen LogP contribution in [0, 0.1) is 0 Å². The number of amides is 1. The number of hydrogen-bond donors (Lipinski definition) is 1. The molecule has 0 saturated carbocycles. The molecule has 0 unspecified atom stereocenters. The molecule has 2 aromatic rings. The maximum absolute atomic E-state index is 12.2. The molecule has 0 radical (unpaired) electrons. The molecule has 1 amide bonds. The van der Waals surface area contributed by atoms with Crippen molar-refractivity contribution in [3.8, 4) is 11.5 Å². The highest BCUT2D eigenvalue weighted by Crippen LogP contribution is 2.32. The van der Waals surface area contributed by atoms with E-state index >= 15 is 0 Å². The van der Waals surface area contributed by atoms with Crippen LogP contribution in [0.4, 0.5) is 5.82 Å². The highest BCUT2D eigenvalue weighted by molar-refractivity contribution is 5.81. The van der Waals surface area contributed by atoms with Crippen molar-refractivity contribution >= 4 is 11.7 Å². The van der Waals surface area contributed by atoms with Crippen molar-refractivity contribution in [1.82, 2.24) is 15.3 Å².